The molecule has 5 nitrogen and oxygen atoms in total. The van der Waals surface area contributed by atoms with Crippen molar-refractivity contribution < 1.29 is 14.6 Å². The van der Waals surface area contributed by atoms with Gasteiger partial charge in [-0.1, -0.05) is 0 Å². The van der Waals surface area contributed by atoms with Crippen molar-refractivity contribution in [1.29, 1.82) is 0 Å². The van der Waals surface area contributed by atoms with Crippen molar-refractivity contribution in [3.63, 3.8) is 0 Å². The van der Waals surface area contributed by atoms with E-state index < -0.39 is 5.97 Å². The number of aromatic nitrogens is 2. The lowest BCUT2D eigenvalue weighted by Gasteiger charge is -2.09. The van der Waals surface area contributed by atoms with Crippen molar-refractivity contribution >= 4 is 17.7 Å². The number of nitrogens with zero attached hydrogens (tertiary/aromatic N) is 2. The van der Waals surface area contributed by atoms with Crippen molar-refractivity contribution in [3.05, 3.63) is 11.4 Å². The lowest BCUT2D eigenvalue weighted by Crippen LogP contribution is -2.09. The Labute approximate surface area is 97.2 Å². The minimum absolute atomic E-state index is 0.0550. The number of thioether (sulfide) groups is 1. The van der Waals surface area contributed by atoms with Gasteiger partial charge in [-0.05, 0) is 19.1 Å². The Balaban J connectivity index is 2.53. The second kappa shape index (κ2) is 4.29. The first kappa shape index (κ1) is 11.2. The molecule has 86 valence electrons. The molecule has 1 N–H and O–H groups in total. The van der Waals surface area contributed by atoms with Gasteiger partial charge >= 0.3 is 5.97 Å². The number of hydrogen-bond donors (Lipinski definition) is 1. The number of hydrogen-bond acceptors (Lipinski definition) is 5. The van der Waals surface area contributed by atoms with E-state index >= 15 is 0 Å². The maximum Gasteiger partial charge on any atom is 0.344 e. The van der Waals surface area contributed by atoms with Crippen LogP contribution in [0, 0.1) is 0 Å². The fourth-order valence-electron chi connectivity index (χ4n) is 1.44. The summed E-state index contributed by atoms with van der Waals surface area (Å²) in [6, 6.07) is 0. The minimum atomic E-state index is -1.05. The summed E-state index contributed by atoms with van der Waals surface area (Å²) in [4.78, 5) is 19.5. The van der Waals surface area contributed by atoms with Crippen LogP contribution >= 0.6 is 11.8 Å². The fraction of sp³-hybridized carbons (Fsp3) is 0.500. The second-order valence-corrected chi connectivity index (χ2v) is 4.35. The molecule has 1 aliphatic rings. The van der Waals surface area contributed by atoms with Crippen molar-refractivity contribution in [2.45, 2.75) is 23.8 Å². The first-order valence-corrected chi connectivity index (χ1v) is 6.13. The maximum absolute atomic E-state index is 11.1. The molecular weight excluding hydrogens is 228 g/mol. The van der Waals surface area contributed by atoms with Crippen LogP contribution in [0.15, 0.2) is 5.03 Å². The van der Waals surface area contributed by atoms with Gasteiger partial charge < -0.3 is 9.84 Å². The van der Waals surface area contributed by atoms with E-state index in [1.165, 1.54) is 18.9 Å². The zero-order chi connectivity index (χ0) is 11.7. The molecule has 0 atom stereocenters. The molecule has 1 aromatic rings. The zero-order valence-electron chi connectivity index (χ0n) is 9.06. The maximum atomic E-state index is 11.1. The normalized spacial score (nSPS) is 14.9. The summed E-state index contributed by atoms with van der Waals surface area (Å²) in [5.74, 6) is 0.186. The van der Waals surface area contributed by atoms with Crippen LogP contribution in [0.25, 0.3) is 0 Å². The number of methoxy groups -OCH3 is 1. The summed E-state index contributed by atoms with van der Waals surface area (Å²) in [6.07, 6.45) is 3.94. The standard InChI is InChI=1S/C10H12N2O3S/c1-15-8-6(10(13)14)9(16-2)12-7(11-8)5-3-4-5/h5H,3-4H2,1-2H3,(H,13,14). The van der Waals surface area contributed by atoms with Crippen molar-refractivity contribution in [2.24, 2.45) is 0 Å². The molecule has 2 rings (SSSR count). The van der Waals surface area contributed by atoms with Crippen LogP contribution in [0.1, 0.15) is 34.9 Å². The molecule has 0 bridgehead atoms. The highest BCUT2D eigenvalue weighted by atomic mass is 32.2. The molecule has 0 aromatic carbocycles. The number of carboxylic acids is 1. The van der Waals surface area contributed by atoms with E-state index in [1.54, 1.807) is 6.26 Å². The average Bonchev–Trinajstić information content (AvgIpc) is 3.10. The number of ether oxygens (including phenoxy) is 1. The van der Waals surface area contributed by atoms with E-state index in [9.17, 15) is 4.79 Å². The number of aromatic carboxylic acids is 1. The molecule has 0 aliphatic heterocycles. The number of carboxylic acid groups (broad SMARTS) is 1. The van der Waals surface area contributed by atoms with Gasteiger partial charge in [0.05, 0.1) is 7.11 Å². The highest BCUT2D eigenvalue weighted by molar-refractivity contribution is 7.98. The zero-order valence-corrected chi connectivity index (χ0v) is 9.87. The summed E-state index contributed by atoms with van der Waals surface area (Å²) < 4.78 is 5.02. The van der Waals surface area contributed by atoms with Crippen molar-refractivity contribution in [2.75, 3.05) is 13.4 Å². The summed E-state index contributed by atoms with van der Waals surface area (Å²) >= 11 is 1.30. The Morgan fingerprint density at radius 2 is 2.19 bits per heavy atom. The van der Waals surface area contributed by atoms with Crippen LogP contribution in [-0.2, 0) is 0 Å². The monoisotopic (exact) mass is 240 g/mol. The first-order valence-electron chi connectivity index (χ1n) is 4.90. The lowest BCUT2D eigenvalue weighted by molar-refractivity contribution is 0.0687. The fourth-order valence-corrected chi connectivity index (χ4v) is 2.00. The predicted molar refractivity (Wildman–Crippen MR) is 59.3 cm³/mol. The Morgan fingerprint density at radius 1 is 1.50 bits per heavy atom. The molecule has 1 aliphatic carbocycles. The first-order chi connectivity index (χ1) is 7.67. The van der Waals surface area contributed by atoms with Gasteiger partial charge in [0.2, 0.25) is 5.88 Å². The molecule has 1 saturated carbocycles. The van der Waals surface area contributed by atoms with E-state index in [4.69, 9.17) is 9.84 Å². The Morgan fingerprint density at radius 3 is 2.62 bits per heavy atom. The van der Waals surface area contributed by atoms with Crippen LogP contribution in [0.4, 0.5) is 0 Å². The van der Waals surface area contributed by atoms with E-state index in [0.29, 0.717) is 16.8 Å². The smallest absolute Gasteiger partial charge is 0.344 e. The van der Waals surface area contributed by atoms with Crippen molar-refractivity contribution in [3.8, 4) is 5.88 Å². The van der Waals surface area contributed by atoms with E-state index in [1.807, 2.05) is 0 Å². The minimum Gasteiger partial charge on any atom is -0.480 e. The molecule has 1 fully saturated rings. The summed E-state index contributed by atoms with van der Waals surface area (Å²) in [5, 5.41) is 9.55. The molecule has 0 spiro atoms. The Hall–Kier alpha value is -1.30. The highest BCUT2D eigenvalue weighted by Gasteiger charge is 2.30. The molecule has 0 amide bonds. The summed E-state index contributed by atoms with van der Waals surface area (Å²) in [6.45, 7) is 0. The van der Waals surface area contributed by atoms with Crippen LogP contribution < -0.4 is 4.74 Å². The number of carbonyl (C=O) groups is 1. The van der Waals surface area contributed by atoms with Crippen LogP contribution in [0.5, 0.6) is 5.88 Å². The van der Waals surface area contributed by atoms with Gasteiger partial charge in [0.1, 0.15) is 10.9 Å². The second-order valence-electron chi connectivity index (χ2n) is 3.55. The largest absolute Gasteiger partial charge is 0.480 e. The van der Waals surface area contributed by atoms with Gasteiger partial charge in [-0.15, -0.1) is 11.8 Å². The van der Waals surface area contributed by atoms with Crippen molar-refractivity contribution in [1.82, 2.24) is 9.97 Å². The number of rotatable bonds is 4. The Bertz CT molecular complexity index is 407. The molecule has 0 unspecified atom stereocenters. The molecule has 0 saturated heterocycles. The SMILES string of the molecule is COc1nc(C2CC2)nc(SC)c1C(=O)O. The summed E-state index contributed by atoms with van der Waals surface area (Å²) in [7, 11) is 1.43. The molecule has 1 aromatic heterocycles. The topological polar surface area (TPSA) is 72.3 Å². The molecular formula is C10H12N2O3S. The van der Waals surface area contributed by atoms with Gasteiger partial charge in [0, 0.05) is 5.92 Å². The average molecular weight is 240 g/mol. The van der Waals surface area contributed by atoms with E-state index in [2.05, 4.69) is 9.97 Å². The van der Waals surface area contributed by atoms with Gasteiger partial charge in [-0.3, -0.25) is 0 Å². The quantitative estimate of drug-likeness (QED) is 0.639. The Kier molecular flexibility index (Phi) is 3.00. The predicted octanol–water partition coefficient (Wildman–Crippen LogP) is 1.78. The van der Waals surface area contributed by atoms with Crippen LogP contribution in [0.2, 0.25) is 0 Å². The van der Waals surface area contributed by atoms with Gasteiger partial charge in [0.15, 0.2) is 5.56 Å². The summed E-state index contributed by atoms with van der Waals surface area (Å²) in [5.41, 5.74) is 0.0550. The van der Waals surface area contributed by atoms with E-state index in [0.717, 1.165) is 12.8 Å². The van der Waals surface area contributed by atoms with Gasteiger partial charge in [0.25, 0.3) is 0 Å². The third-order valence-electron chi connectivity index (χ3n) is 2.40. The van der Waals surface area contributed by atoms with Gasteiger partial charge in [-0.2, -0.15) is 4.98 Å². The van der Waals surface area contributed by atoms with Crippen LogP contribution in [0.3, 0.4) is 0 Å². The third-order valence-corrected chi connectivity index (χ3v) is 3.09. The lowest BCUT2D eigenvalue weighted by atomic mass is 10.3. The van der Waals surface area contributed by atoms with Gasteiger partial charge in [-0.25, -0.2) is 9.78 Å². The van der Waals surface area contributed by atoms with Crippen LogP contribution in [-0.4, -0.2) is 34.4 Å². The van der Waals surface area contributed by atoms with E-state index in [-0.39, 0.29) is 11.4 Å². The molecule has 1 heterocycles. The molecule has 0 radical (unpaired) electrons. The highest BCUT2D eigenvalue weighted by Crippen LogP contribution is 2.40. The molecule has 6 heteroatoms. The third kappa shape index (κ3) is 1.97. The molecule has 16 heavy (non-hydrogen) atoms.